The molecule has 7 nitrogen and oxygen atoms in total. The van der Waals surface area contributed by atoms with E-state index < -0.39 is 23.8 Å². The Hall–Kier alpha value is -4.13. The molecule has 0 fully saturated rings. The molecule has 34 heavy (non-hydrogen) atoms. The van der Waals surface area contributed by atoms with Crippen LogP contribution in [0.2, 0.25) is 0 Å². The zero-order valence-electron chi connectivity index (χ0n) is 19.0. The van der Waals surface area contributed by atoms with Gasteiger partial charge in [-0.3, -0.25) is 14.4 Å². The van der Waals surface area contributed by atoms with E-state index in [0.29, 0.717) is 12.2 Å². The van der Waals surface area contributed by atoms with Gasteiger partial charge in [-0.25, -0.2) is 0 Å². The van der Waals surface area contributed by atoms with Crippen LogP contribution in [0.25, 0.3) is 11.1 Å². The van der Waals surface area contributed by atoms with Gasteiger partial charge in [0.2, 0.25) is 5.91 Å². The summed E-state index contributed by atoms with van der Waals surface area (Å²) >= 11 is 0. The smallest absolute Gasteiger partial charge is 0.303 e. The SMILES string of the molecule is CCOc1ccc(-c2ccc(C(=O)N[C@@H](CCC(=O)O)C(=O)NCc3ccccc3)cc2)cc1. The molecule has 0 aliphatic carbocycles. The first-order valence-corrected chi connectivity index (χ1v) is 11.1. The number of carboxylic acid groups (broad SMARTS) is 1. The number of amides is 2. The molecule has 1 atom stereocenters. The third kappa shape index (κ3) is 7.20. The van der Waals surface area contributed by atoms with Crippen molar-refractivity contribution in [2.45, 2.75) is 32.4 Å². The maximum absolute atomic E-state index is 12.8. The number of rotatable bonds is 11. The monoisotopic (exact) mass is 460 g/mol. The molecule has 0 saturated carbocycles. The molecule has 2 amide bonds. The lowest BCUT2D eigenvalue weighted by Crippen LogP contribution is -2.46. The van der Waals surface area contributed by atoms with E-state index >= 15 is 0 Å². The quantitative estimate of drug-likeness (QED) is 0.401. The van der Waals surface area contributed by atoms with E-state index in [4.69, 9.17) is 9.84 Å². The van der Waals surface area contributed by atoms with Crippen LogP contribution in [-0.2, 0) is 16.1 Å². The molecule has 0 unspecified atom stereocenters. The predicted molar refractivity (Wildman–Crippen MR) is 129 cm³/mol. The lowest BCUT2D eigenvalue weighted by atomic mass is 10.0. The van der Waals surface area contributed by atoms with E-state index in [9.17, 15) is 14.4 Å². The number of ether oxygens (including phenoxy) is 1. The molecule has 0 aliphatic heterocycles. The highest BCUT2D eigenvalue weighted by Gasteiger charge is 2.22. The van der Waals surface area contributed by atoms with Gasteiger partial charge >= 0.3 is 5.97 Å². The average Bonchev–Trinajstić information content (AvgIpc) is 2.86. The Bertz CT molecular complexity index is 1100. The van der Waals surface area contributed by atoms with Crippen molar-refractivity contribution in [3.8, 4) is 16.9 Å². The van der Waals surface area contributed by atoms with Crippen molar-refractivity contribution in [1.29, 1.82) is 0 Å². The zero-order chi connectivity index (χ0) is 24.3. The minimum absolute atomic E-state index is 0.00798. The summed E-state index contributed by atoms with van der Waals surface area (Å²) in [6.07, 6.45) is -0.244. The number of benzene rings is 3. The van der Waals surface area contributed by atoms with Gasteiger partial charge in [-0.2, -0.15) is 0 Å². The van der Waals surface area contributed by atoms with Crippen LogP contribution >= 0.6 is 0 Å². The first-order valence-electron chi connectivity index (χ1n) is 11.1. The van der Waals surface area contributed by atoms with Crippen LogP contribution in [0.4, 0.5) is 0 Å². The van der Waals surface area contributed by atoms with Gasteiger partial charge < -0.3 is 20.5 Å². The van der Waals surface area contributed by atoms with Gasteiger partial charge in [0.05, 0.1) is 6.61 Å². The fraction of sp³-hybridized carbons (Fsp3) is 0.222. The number of carbonyl (C=O) groups excluding carboxylic acids is 2. The number of aliphatic carboxylic acids is 1. The van der Waals surface area contributed by atoms with Crippen molar-refractivity contribution < 1.29 is 24.2 Å². The van der Waals surface area contributed by atoms with Crippen LogP contribution in [0.15, 0.2) is 78.9 Å². The molecule has 176 valence electrons. The topological polar surface area (TPSA) is 105 Å². The van der Waals surface area contributed by atoms with E-state index in [2.05, 4.69) is 10.6 Å². The summed E-state index contributed by atoms with van der Waals surface area (Å²) in [7, 11) is 0. The third-order valence-electron chi connectivity index (χ3n) is 5.22. The molecule has 7 heteroatoms. The van der Waals surface area contributed by atoms with Crippen molar-refractivity contribution in [1.82, 2.24) is 10.6 Å². The molecule has 0 saturated heterocycles. The fourth-order valence-corrected chi connectivity index (χ4v) is 3.41. The average molecular weight is 461 g/mol. The number of carbonyl (C=O) groups is 3. The highest BCUT2D eigenvalue weighted by atomic mass is 16.5. The summed E-state index contributed by atoms with van der Waals surface area (Å²) in [5.74, 6) is -1.11. The molecule has 0 spiro atoms. The molecule has 3 N–H and O–H groups in total. The maximum Gasteiger partial charge on any atom is 0.303 e. The zero-order valence-corrected chi connectivity index (χ0v) is 19.0. The second kappa shape index (κ2) is 12.2. The number of nitrogens with one attached hydrogen (secondary N) is 2. The van der Waals surface area contributed by atoms with Crippen molar-refractivity contribution in [3.63, 3.8) is 0 Å². The molecule has 3 rings (SSSR count). The summed E-state index contributed by atoms with van der Waals surface area (Å²) in [5.41, 5.74) is 3.20. The van der Waals surface area contributed by atoms with Crippen LogP contribution in [0.5, 0.6) is 5.75 Å². The molecule has 0 aliphatic rings. The normalized spacial score (nSPS) is 11.3. The van der Waals surface area contributed by atoms with Gasteiger partial charge in [-0.1, -0.05) is 54.6 Å². The number of hydrogen-bond donors (Lipinski definition) is 3. The summed E-state index contributed by atoms with van der Waals surface area (Å²) in [4.78, 5) is 36.5. The maximum atomic E-state index is 12.8. The minimum Gasteiger partial charge on any atom is -0.494 e. The second-order valence-electron chi connectivity index (χ2n) is 7.70. The molecule has 3 aromatic rings. The van der Waals surface area contributed by atoms with Gasteiger partial charge in [0.25, 0.3) is 5.91 Å². The Morgan fingerprint density at radius 2 is 1.50 bits per heavy atom. The highest BCUT2D eigenvalue weighted by molar-refractivity contribution is 5.98. The largest absolute Gasteiger partial charge is 0.494 e. The van der Waals surface area contributed by atoms with E-state index in [1.807, 2.05) is 73.7 Å². The van der Waals surface area contributed by atoms with Gasteiger partial charge in [0, 0.05) is 18.5 Å². The Kier molecular flexibility index (Phi) is 8.80. The van der Waals surface area contributed by atoms with Crippen LogP contribution in [0.1, 0.15) is 35.7 Å². The van der Waals surface area contributed by atoms with Gasteiger partial charge in [0.1, 0.15) is 11.8 Å². The Labute approximate surface area is 198 Å². The molecular formula is C27H28N2O5. The molecule has 3 aromatic carbocycles. The summed E-state index contributed by atoms with van der Waals surface area (Å²) in [6.45, 7) is 2.81. The van der Waals surface area contributed by atoms with E-state index in [1.165, 1.54) is 0 Å². The lowest BCUT2D eigenvalue weighted by molar-refractivity contribution is -0.137. The Morgan fingerprint density at radius 1 is 0.882 bits per heavy atom. The van der Waals surface area contributed by atoms with Crippen LogP contribution in [0.3, 0.4) is 0 Å². The van der Waals surface area contributed by atoms with Crippen LogP contribution in [0, 0.1) is 0 Å². The molecule has 0 radical (unpaired) electrons. The van der Waals surface area contributed by atoms with Crippen molar-refractivity contribution in [2.75, 3.05) is 6.61 Å². The van der Waals surface area contributed by atoms with Crippen molar-refractivity contribution >= 4 is 17.8 Å². The molecule has 0 aromatic heterocycles. The molecule has 0 heterocycles. The molecule has 0 bridgehead atoms. The van der Waals surface area contributed by atoms with E-state index in [-0.39, 0.29) is 19.4 Å². The Balaban J connectivity index is 1.65. The summed E-state index contributed by atoms with van der Waals surface area (Å²) in [6, 6.07) is 23.1. The number of hydrogen-bond acceptors (Lipinski definition) is 4. The third-order valence-corrected chi connectivity index (χ3v) is 5.22. The predicted octanol–water partition coefficient (Wildman–Crippen LogP) is 4.03. The first kappa shape index (κ1) is 24.5. The molecular weight excluding hydrogens is 432 g/mol. The van der Waals surface area contributed by atoms with Gasteiger partial charge in [-0.05, 0) is 54.3 Å². The second-order valence-corrected chi connectivity index (χ2v) is 7.70. The van der Waals surface area contributed by atoms with Gasteiger partial charge in [0.15, 0.2) is 0 Å². The van der Waals surface area contributed by atoms with Crippen LogP contribution < -0.4 is 15.4 Å². The highest BCUT2D eigenvalue weighted by Crippen LogP contribution is 2.23. The van der Waals surface area contributed by atoms with Crippen LogP contribution in [-0.4, -0.2) is 35.5 Å². The summed E-state index contributed by atoms with van der Waals surface area (Å²) < 4.78 is 5.46. The standard InChI is InChI=1S/C27H28N2O5/c1-2-34-23-14-12-21(13-15-23)20-8-10-22(11-9-20)26(32)29-24(16-17-25(30)31)27(33)28-18-19-6-4-3-5-7-19/h3-15,24H,2,16-18H2,1H3,(H,28,33)(H,29,32)(H,30,31)/t24-/m0/s1. The first-order chi connectivity index (χ1) is 16.5. The van der Waals surface area contributed by atoms with E-state index in [0.717, 1.165) is 22.4 Å². The Morgan fingerprint density at radius 3 is 2.09 bits per heavy atom. The fourth-order valence-electron chi connectivity index (χ4n) is 3.41. The number of carboxylic acids is 1. The van der Waals surface area contributed by atoms with Crippen molar-refractivity contribution in [3.05, 3.63) is 90.0 Å². The summed E-state index contributed by atoms with van der Waals surface area (Å²) in [5, 5.41) is 14.5. The van der Waals surface area contributed by atoms with Gasteiger partial charge in [-0.15, -0.1) is 0 Å². The minimum atomic E-state index is -1.03. The van der Waals surface area contributed by atoms with Crippen molar-refractivity contribution in [2.24, 2.45) is 0 Å². The van der Waals surface area contributed by atoms with E-state index in [1.54, 1.807) is 12.1 Å². The lowest BCUT2D eigenvalue weighted by Gasteiger charge is -2.18.